The topological polar surface area (TPSA) is 75.9 Å². The van der Waals surface area contributed by atoms with Crippen molar-refractivity contribution in [2.45, 2.75) is 34.1 Å². The lowest BCUT2D eigenvalue weighted by atomic mass is 10.2. The number of hydrogen-bond donors (Lipinski definition) is 1. The molecule has 6 heteroatoms. The summed E-state index contributed by atoms with van der Waals surface area (Å²) < 4.78 is 1.67. The number of nitrogens with one attached hydrogen (secondary N) is 1. The maximum Gasteiger partial charge on any atom is 0.279 e. The Morgan fingerprint density at radius 3 is 2.70 bits per heavy atom. The van der Waals surface area contributed by atoms with Crippen molar-refractivity contribution in [3.63, 3.8) is 0 Å². The van der Waals surface area contributed by atoms with Gasteiger partial charge in [0, 0.05) is 25.4 Å². The molecule has 0 fully saturated rings. The number of fused-ring (bicyclic) bond motifs is 1. The minimum absolute atomic E-state index is 0.205. The molecule has 20 heavy (non-hydrogen) atoms. The number of aromatic nitrogens is 4. The van der Waals surface area contributed by atoms with Gasteiger partial charge in [0.15, 0.2) is 5.52 Å². The quantitative estimate of drug-likeness (QED) is 0.868. The van der Waals surface area contributed by atoms with Gasteiger partial charge in [0.05, 0.1) is 5.69 Å². The Balaban J connectivity index is 2.42. The predicted octanol–water partition coefficient (Wildman–Crippen LogP) is 1.89. The molecule has 0 aliphatic carbocycles. The summed E-state index contributed by atoms with van der Waals surface area (Å²) in [4.78, 5) is 23.6. The number of hydrogen-bond acceptors (Lipinski definition) is 4. The molecule has 1 N–H and O–H groups in total. The summed E-state index contributed by atoms with van der Waals surface area (Å²) in [5, 5.41) is 4.16. The molecule has 0 spiro atoms. The van der Waals surface area contributed by atoms with Gasteiger partial charge < -0.3 is 4.98 Å². The van der Waals surface area contributed by atoms with Crippen molar-refractivity contribution in [1.82, 2.24) is 19.7 Å². The van der Waals surface area contributed by atoms with E-state index in [2.05, 4.69) is 20.1 Å². The number of aryl methyl sites for hydroxylation is 2. The highest BCUT2D eigenvalue weighted by molar-refractivity contribution is 5.84. The molecule has 0 radical (unpaired) electrons. The smallest absolute Gasteiger partial charge is 0.279 e. The van der Waals surface area contributed by atoms with Crippen LogP contribution in [0.1, 0.15) is 32.3 Å². The van der Waals surface area contributed by atoms with Crippen LogP contribution in [0.5, 0.6) is 0 Å². The van der Waals surface area contributed by atoms with Crippen LogP contribution in [0.15, 0.2) is 21.6 Å². The van der Waals surface area contributed by atoms with Crippen LogP contribution in [-0.4, -0.2) is 25.5 Å². The molecule has 0 atom stereocenters. The van der Waals surface area contributed by atoms with Gasteiger partial charge >= 0.3 is 0 Å². The van der Waals surface area contributed by atoms with Gasteiger partial charge in [-0.2, -0.15) is 5.10 Å². The highest BCUT2D eigenvalue weighted by Crippen LogP contribution is 2.10. The molecule has 2 rings (SSSR count). The van der Waals surface area contributed by atoms with Crippen LogP contribution in [-0.2, 0) is 13.5 Å². The first-order valence-electron chi connectivity index (χ1n) is 6.47. The molecule has 2 aromatic heterocycles. The van der Waals surface area contributed by atoms with E-state index in [1.165, 1.54) is 0 Å². The van der Waals surface area contributed by atoms with Crippen LogP contribution >= 0.6 is 0 Å². The van der Waals surface area contributed by atoms with E-state index >= 15 is 0 Å². The van der Waals surface area contributed by atoms with E-state index in [9.17, 15) is 4.79 Å². The van der Waals surface area contributed by atoms with Crippen LogP contribution < -0.4 is 5.56 Å². The van der Waals surface area contributed by atoms with Gasteiger partial charge in [-0.15, -0.1) is 0 Å². The van der Waals surface area contributed by atoms with Crippen LogP contribution in [0.25, 0.3) is 11.0 Å². The Morgan fingerprint density at radius 2 is 2.05 bits per heavy atom. The fourth-order valence-electron chi connectivity index (χ4n) is 1.85. The summed E-state index contributed by atoms with van der Waals surface area (Å²) >= 11 is 0. The summed E-state index contributed by atoms with van der Waals surface area (Å²) in [6.45, 7) is 7.79. The molecule has 0 aliphatic rings. The van der Waals surface area contributed by atoms with Crippen molar-refractivity contribution in [3.05, 3.63) is 33.6 Å². The summed E-state index contributed by atoms with van der Waals surface area (Å²) in [6.07, 6.45) is 2.32. The van der Waals surface area contributed by atoms with E-state index in [1.54, 1.807) is 17.9 Å². The van der Waals surface area contributed by atoms with Crippen LogP contribution in [0.3, 0.4) is 0 Å². The van der Waals surface area contributed by atoms with Crippen molar-refractivity contribution in [3.8, 4) is 0 Å². The highest BCUT2D eigenvalue weighted by Gasteiger charge is 2.11. The molecule has 106 valence electrons. The van der Waals surface area contributed by atoms with Crippen molar-refractivity contribution in [1.29, 1.82) is 0 Å². The first kappa shape index (κ1) is 14.2. The second kappa shape index (κ2) is 5.40. The number of H-pyrrole nitrogens is 1. The molecule has 0 aliphatic heterocycles. The van der Waals surface area contributed by atoms with Crippen molar-refractivity contribution >= 4 is 16.7 Å². The largest absolute Gasteiger partial charge is 0.308 e. The summed E-state index contributed by atoms with van der Waals surface area (Å²) in [7, 11) is 1.80. The van der Waals surface area contributed by atoms with E-state index in [0.29, 0.717) is 23.3 Å². The average molecular weight is 273 g/mol. The zero-order valence-corrected chi connectivity index (χ0v) is 12.5. The van der Waals surface area contributed by atoms with Crippen molar-refractivity contribution < 1.29 is 0 Å². The lowest BCUT2D eigenvalue weighted by Crippen LogP contribution is -2.14. The van der Waals surface area contributed by atoms with E-state index in [4.69, 9.17) is 0 Å². The maximum absolute atomic E-state index is 12.0. The van der Waals surface area contributed by atoms with Gasteiger partial charge in [0.25, 0.3) is 5.56 Å². The zero-order valence-electron chi connectivity index (χ0n) is 12.5. The molecule has 0 saturated carbocycles. The monoisotopic (exact) mass is 273 g/mol. The molecule has 6 nitrogen and oxygen atoms in total. The third-order valence-electron chi connectivity index (χ3n) is 2.99. The van der Waals surface area contributed by atoms with Crippen molar-refractivity contribution in [2.24, 2.45) is 12.0 Å². The Morgan fingerprint density at radius 1 is 1.35 bits per heavy atom. The summed E-state index contributed by atoms with van der Waals surface area (Å²) in [5.74, 6) is 0.613. The minimum atomic E-state index is -0.205. The lowest BCUT2D eigenvalue weighted by Gasteiger charge is -2.00. The van der Waals surface area contributed by atoms with E-state index in [0.717, 1.165) is 17.0 Å². The van der Waals surface area contributed by atoms with Gasteiger partial charge in [-0.3, -0.25) is 14.5 Å². The third kappa shape index (κ3) is 2.84. The minimum Gasteiger partial charge on any atom is -0.308 e. The number of allylic oxidation sites excluding steroid dienone is 1. The van der Waals surface area contributed by atoms with Crippen LogP contribution in [0, 0.1) is 6.92 Å². The maximum atomic E-state index is 12.0. The molecule has 2 heterocycles. The second-order valence-corrected chi connectivity index (χ2v) is 5.17. The van der Waals surface area contributed by atoms with Gasteiger partial charge in [0.1, 0.15) is 11.3 Å². The molecule has 0 bridgehead atoms. The number of aromatic amines is 1. The predicted molar refractivity (Wildman–Crippen MR) is 80.1 cm³/mol. The molecular weight excluding hydrogens is 254 g/mol. The van der Waals surface area contributed by atoms with Crippen molar-refractivity contribution in [2.75, 3.05) is 0 Å². The lowest BCUT2D eigenvalue weighted by molar-refractivity contribution is 0.749. The van der Waals surface area contributed by atoms with Gasteiger partial charge in [-0.1, -0.05) is 5.57 Å². The van der Waals surface area contributed by atoms with Gasteiger partial charge in [-0.05, 0) is 27.7 Å². The molecule has 0 amide bonds. The highest BCUT2D eigenvalue weighted by atomic mass is 16.1. The SMILES string of the molecule is CC(C)=CN=C(C)Cc1nc2c(C)n(C)nc2c(=O)[nH]1. The first-order chi connectivity index (χ1) is 9.38. The molecular formula is C14H19N5O. The fourth-order valence-corrected chi connectivity index (χ4v) is 1.85. The molecule has 2 aromatic rings. The zero-order chi connectivity index (χ0) is 14.9. The van der Waals surface area contributed by atoms with Crippen LogP contribution in [0.2, 0.25) is 0 Å². The Labute approximate surface area is 117 Å². The first-order valence-corrected chi connectivity index (χ1v) is 6.47. The Hall–Kier alpha value is -2.24. The number of aliphatic imine (C=N–C) groups is 1. The van der Waals surface area contributed by atoms with E-state index in [-0.39, 0.29) is 5.56 Å². The van der Waals surface area contributed by atoms with Crippen LogP contribution in [0.4, 0.5) is 0 Å². The standard InChI is InChI=1S/C14H19N5O/c1-8(2)7-15-9(3)6-11-16-12-10(4)19(5)18-13(12)14(20)17-11/h7H,6H2,1-5H3,(H,16,17,20). The van der Waals surface area contributed by atoms with Gasteiger partial charge in [0.2, 0.25) is 0 Å². The van der Waals surface area contributed by atoms with Gasteiger partial charge in [-0.25, -0.2) is 4.98 Å². The third-order valence-corrected chi connectivity index (χ3v) is 2.99. The fraction of sp³-hybridized carbons (Fsp3) is 0.429. The number of rotatable bonds is 3. The summed E-state index contributed by atoms with van der Waals surface area (Å²) in [5.41, 5.74) is 3.74. The summed E-state index contributed by atoms with van der Waals surface area (Å²) in [6, 6.07) is 0. The van der Waals surface area contributed by atoms with E-state index in [1.807, 2.05) is 27.7 Å². The van der Waals surface area contributed by atoms with E-state index < -0.39 is 0 Å². The molecule has 0 aromatic carbocycles. The molecule has 0 saturated heterocycles. The Kier molecular flexibility index (Phi) is 3.83. The Bertz CT molecular complexity index is 760. The molecule has 0 unspecified atom stereocenters. The number of nitrogens with zero attached hydrogens (tertiary/aromatic N) is 4. The second-order valence-electron chi connectivity index (χ2n) is 5.17. The normalized spacial score (nSPS) is 11.9. The average Bonchev–Trinajstić information content (AvgIpc) is 2.65.